The van der Waals surface area contributed by atoms with Crippen LogP contribution < -0.4 is 4.90 Å². The topological polar surface area (TPSA) is 47.3 Å². The Balaban J connectivity index is 2.21. The second kappa shape index (κ2) is 5.83. The number of aliphatic hydroxyl groups is 1. The van der Waals surface area contributed by atoms with Gasteiger partial charge in [0.15, 0.2) is 0 Å². The summed E-state index contributed by atoms with van der Waals surface area (Å²) in [6.45, 7) is 1.82. The molecule has 0 aromatic heterocycles. The molecule has 0 aliphatic carbocycles. The average molecular weight is 248 g/mol. The quantitative estimate of drug-likeness (QED) is 0.892. The first kappa shape index (κ1) is 12.8. The van der Waals surface area contributed by atoms with E-state index in [4.69, 9.17) is 10.4 Å². The van der Waals surface area contributed by atoms with E-state index < -0.39 is 5.82 Å². The molecular weight excluding hydrogens is 231 g/mol. The van der Waals surface area contributed by atoms with E-state index in [1.807, 2.05) is 6.07 Å². The molecule has 1 aromatic carbocycles. The normalized spacial score (nSPS) is 19.6. The van der Waals surface area contributed by atoms with Gasteiger partial charge < -0.3 is 10.0 Å². The number of hydrogen-bond donors (Lipinski definition) is 1. The van der Waals surface area contributed by atoms with Gasteiger partial charge in [-0.1, -0.05) is 6.07 Å². The number of hydrogen-bond acceptors (Lipinski definition) is 3. The molecule has 18 heavy (non-hydrogen) atoms. The van der Waals surface area contributed by atoms with Gasteiger partial charge in [0, 0.05) is 19.7 Å². The first-order valence-electron chi connectivity index (χ1n) is 6.30. The Kier molecular flexibility index (Phi) is 4.16. The molecule has 1 aliphatic heterocycles. The molecule has 1 saturated heterocycles. The van der Waals surface area contributed by atoms with Crippen LogP contribution in [0.2, 0.25) is 0 Å². The maximum atomic E-state index is 13.6. The number of anilines is 1. The van der Waals surface area contributed by atoms with Crippen molar-refractivity contribution in [3.63, 3.8) is 0 Å². The van der Waals surface area contributed by atoms with E-state index in [1.165, 1.54) is 6.07 Å². The highest BCUT2D eigenvalue weighted by Gasteiger charge is 2.22. The van der Waals surface area contributed by atoms with Crippen molar-refractivity contribution in [2.45, 2.75) is 19.3 Å². The van der Waals surface area contributed by atoms with Crippen molar-refractivity contribution >= 4 is 5.69 Å². The zero-order chi connectivity index (χ0) is 13.0. The Morgan fingerprint density at radius 3 is 3.06 bits per heavy atom. The minimum atomic E-state index is -0.459. The molecule has 1 N–H and O–H groups in total. The van der Waals surface area contributed by atoms with E-state index in [0.29, 0.717) is 11.6 Å². The van der Waals surface area contributed by atoms with Crippen LogP contribution in [-0.2, 0) is 0 Å². The maximum absolute atomic E-state index is 13.6. The van der Waals surface area contributed by atoms with Crippen molar-refractivity contribution < 1.29 is 9.50 Å². The molecule has 1 aliphatic rings. The van der Waals surface area contributed by atoms with Gasteiger partial charge >= 0.3 is 0 Å². The lowest BCUT2D eigenvalue weighted by atomic mass is 9.94. The second-order valence-electron chi connectivity index (χ2n) is 4.71. The molecule has 1 heterocycles. The average Bonchev–Trinajstić information content (AvgIpc) is 2.39. The smallest absolute Gasteiger partial charge is 0.143 e. The summed E-state index contributed by atoms with van der Waals surface area (Å²) in [6, 6.07) is 6.69. The van der Waals surface area contributed by atoms with Gasteiger partial charge in [-0.15, -0.1) is 0 Å². The summed E-state index contributed by atoms with van der Waals surface area (Å²) >= 11 is 0. The molecule has 1 atom stereocenters. The SMILES string of the molecule is N#Cc1c(F)cccc1N1CCC[C@@H](CCO)C1. The Hall–Kier alpha value is -1.60. The number of nitrogens with zero attached hydrogens (tertiary/aromatic N) is 2. The Morgan fingerprint density at radius 2 is 2.33 bits per heavy atom. The highest BCUT2D eigenvalue weighted by Crippen LogP contribution is 2.28. The molecule has 0 bridgehead atoms. The van der Waals surface area contributed by atoms with Crippen molar-refractivity contribution in [1.82, 2.24) is 0 Å². The van der Waals surface area contributed by atoms with Gasteiger partial charge in [0.05, 0.1) is 5.69 Å². The van der Waals surface area contributed by atoms with Crippen molar-refractivity contribution in [3.05, 3.63) is 29.6 Å². The van der Waals surface area contributed by atoms with Crippen LogP contribution in [0, 0.1) is 23.1 Å². The van der Waals surface area contributed by atoms with Crippen LogP contribution in [0.25, 0.3) is 0 Å². The van der Waals surface area contributed by atoms with Crippen LogP contribution in [0.15, 0.2) is 18.2 Å². The minimum Gasteiger partial charge on any atom is -0.396 e. The number of piperidine rings is 1. The molecule has 0 amide bonds. The van der Waals surface area contributed by atoms with E-state index in [9.17, 15) is 4.39 Å². The third-order valence-corrected chi connectivity index (χ3v) is 3.50. The van der Waals surface area contributed by atoms with E-state index in [0.717, 1.165) is 32.4 Å². The summed E-state index contributed by atoms with van der Waals surface area (Å²) in [5.41, 5.74) is 0.808. The fourth-order valence-corrected chi connectivity index (χ4v) is 2.59. The minimum absolute atomic E-state index is 0.127. The Labute approximate surface area is 106 Å². The maximum Gasteiger partial charge on any atom is 0.143 e. The predicted molar refractivity (Wildman–Crippen MR) is 67.8 cm³/mol. The van der Waals surface area contributed by atoms with Crippen LogP contribution in [-0.4, -0.2) is 24.8 Å². The van der Waals surface area contributed by atoms with Crippen molar-refractivity contribution in [1.29, 1.82) is 5.26 Å². The number of rotatable bonds is 3. The Bertz CT molecular complexity index is 454. The van der Waals surface area contributed by atoms with Crippen LogP contribution >= 0.6 is 0 Å². The summed E-state index contributed by atoms with van der Waals surface area (Å²) in [6.07, 6.45) is 2.88. The van der Waals surface area contributed by atoms with Crippen molar-refractivity contribution in [3.8, 4) is 6.07 Å². The standard InChI is InChI=1S/C14H17FN2O/c15-13-4-1-5-14(12(13)9-16)17-7-2-3-11(10-17)6-8-18/h1,4-5,11,18H,2-3,6-8,10H2/t11-/m0/s1. The van der Waals surface area contributed by atoms with Crippen LogP contribution in [0.3, 0.4) is 0 Å². The molecule has 96 valence electrons. The summed E-state index contributed by atoms with van der Waals surface area (Å²) in [7, 11) is 0. The van der Waals surface area contributed by atoms with Gasteiger partial charge in [-0.2, -0.15) is 5.26 Å². The molecule has 4 heteroatoms. The van der Waals surface area contributed by atoms with E-state index in [2.05, 4.69) is 4.90 Å². The van der Waals surface area contributed by atoms with Gasteiger partial charge in [0.1, 0.15) is 17.4 Å². The third-order valence-electron chi connectivity index (χ3n) is 3.50. The number of halogens is 1. The lowest BCUT2D eigenvalue weighted by Gasteiger charge is -2.34. The van der Waals surface area contributed by atoms with Crippen LogP contribution in [0.4, 0.5) is 10.1 Å². The Morgan fingerprint density at radius 1 is 1.50 bits per heavy atom. The van der Waals surface area contributed by atoms with Crippen LogP contribution in [0.5, 0.6) is 0 Å². The second-order valence-corrected chi connectivity index (χ2v) is 4.71. The first-order valence-corrected chi connectivity index (χ1v) is 6.30. The third kappa shape index (κ3) is 2.62. The molecule has 2 rings (SSSR count). The highest BCUT2D eigenvalue weighted by atomic mass is 19.1. The predicted octanol–water partition coefficient (Wildman–Crippen LogP) is 2.30. The van der Waals surface area contributed by atoms with Gasteiger partial charge in [-0.05, 0) is 37.3 Å². The van der Waals surface area contributed by atoms with Crippen molar-refractivity contribution in [2.75, 3.05) is 24.6 Å². The molecule has 1 aromatic rings. The molecule has 0 radical (unpaired) electrons. The highest BCUT2D eigenvalue weighted by molar-refractivity contribution is 5.60. The van der Waals surface area contributed by atoms with Gasteiger partial charge in [-0.25, -0.2) is 4.39 Å². The zero-order valence-corrected chi connectivity index (χ0v) is 10.3. The van der Waals surface area contributed by atoms with E-state index in [1.54, 1.807) is 12.1 Å². The molecular formula is C14H17FN2O. The summed E-state index contributed by atoms with van der Waals surface area (Å²) < 4.78 is 13.6. The van der Waals surface area contributed by atoms with Gasteiger partial charge in [0.25, 0.3) is 0 Å². The fourth-order valence-electron chi connectivity index (χ4n) is 2.59. The number of nitriles is 1. The van der Waals surface area contributed by atoms with Gasteiger partial charge in [-0.3, -0.25) is 0 Å². The van der Waals surface area contributed by atoms with Crippen LogP contribution in [0.1, 0.15) is 24.8 Å². The van der Waals surface area contributed by atoms with Crippen molar-refractivity contribution in [2.24, 2.45) is 5.92 Å². The molecule has 0 saturated carbocycles. The monoisotopic (exact) mass is 248 g/mol. The first-order chi connectivity index (χ1) is 8.76. The largest absolute Gasteiger partial charge is 0.396 e. The van der Waals surface area contributed by atoms with Gasteiger partial charge in [0.2, 0.25) is 0 Å². The summed E-state index contributed by atoms with van der Waals surface area (Å²) in [5, 5.41) is 18.0. The zero-order valence-electron chi connectivity index (χ0n) is 10.3. The molecule has 0 spiro atoms. The summed E-state index contributed by atoms with van der Waals surface area (Å²) in [5.74, 6) is -0.0298. The molecule has 0 unspecified atom stereocenters. The molecule has 1 fully saturated rings. The van der Waals surface area contributed by atoms with E-state index in [-0.39, 0.29) is 12.2 Å². The lowest BCUT2D eigenvalue weighted by molar-refractivity contribution is 0.244. The number of aliphatic hydroxyl groups excluding tert-OH is 1. The number of benzene rings is 1. The van der Waals surface area contributed by atoms with E-state index >= 15 is 0 Å². The summed E-state index contributed by atoms with van der Waals surface area (Å²) in [4.78, 5) is 2.06. The molecule has 3 nitrogen and oxygen atoms in total. The lowest BCUT2D eigenvalue weighted by Crippen LogP contribution is -2.36. The fraction of sp³-hybridized carbons (Fsp3) is 0.500.